The first kappa shape index (κ1) is 22.0. The van der Waals surface area contributed by atoms with Gasteiger partial charge < -0.3 is 15.4 Å². The van der Waals surface area contributed by atoms with Gasteiger partial charge in [0.15, 0.2) is 0 Å². The largest absolute Gasteiger partial charge is 0.416 e. The zero-order valence-electron chi connectivity index (χ0n) is 14.8. The molecule has 1 fully saturated rings. The van der Waals surface area contributed by atoms with Gasteiger partial charge in [0.25, 0.3) is 0 Å². The SMILES string of the molecule is Cl.O=C(NCC1CNCCO1)Nc1ccnn1Cc1ccccc1C(F)(F)F. The number of urea groups is 1. The van der Waals surface area contributed by atoms with Gasteiger partial charge in [0, 0.05) is 25.7 Å². The van der Waals surface area contributed by atoms with Crippen LogP contribution in [0.3, 0.4) is 0 Å². The van der Waals surface area contributed by atoms with Crippen LogP contribution in [0.25, 0.3) is 0 Å². The van der Waals surface area contributed by atoms with Crippen molar-refractivity contribution in [3.63, 3.8) is 0 Å². The number of amides is 2. The summed E-state index contributed by atoms with van der Waals surface area (Å²) in [5, 5.41) is 12.4. The molecular formula is C17H21ClF3N5O2. The molecule has 0 spiro atoms. The third-order valence-corrected chi connectivity index (χ3v) is 4.10. The fraction of sp³-hybridized carbons (Fsp3) is 0.412. The van der Waals surface area contributed by atoms with Crippen molar-refractivity contribution in [2.45, 2.75) is 18.8 Å². The molecule has 1 aliphatic heterocycles. The maximum absolute atomic E-state index is 13.1. The summed E-state index contributed by atoms with van der Waals surface area (Å²) in [4.78, 5) is 12.1. The highest BCUT2D eigenvalue weighted by molar-refractivity contribution is 5.88. The molecule has 3 rings (SSSR count). The van der Waals surface area contributed by atoms with Gasteiger partial charge in [-0.05, 0) is 11.6 Å². The monoisotopic (exact) mass is 419 g/mol. The van der Waals surface area contributed by atoms with Crippen LogP contribution in [0.2, 0.25) is 0 Å². The summed E-state index contributed by atoms with van der Waals surface area (Å²) >= 11 is 0. The van der Waals surface area contributed by atoms with Gasteiger partial charge in [-0.2, -0.15) is 18.3 Å². The molecule has 0 bridgehead atoms. The number of aromatic nitrogens is 2. The van der Waals surface area contributed by atoms with E-state index < -0.39 is 17.8 Å². The van der Waals surface area contributed by atoms with Gasteiger partial charge in [0.05, 0.1) is 31.0 Å². The topological polar surface area (TPSA) is 80.2 Å². The summed E-state index contributed by atoms with van der Waals surface area (Å²) in [5.41, 5.74) is -0.656. The highest BCUT2D eigenvalue weighted by Gasteiger charge is 2.33. The van der Waals surface area contributed by atoms with E-state index in [2.05, 4.69) is 21.0 Å². The molecule has 1 aromatic carbocycles. The summed E-state index contributed by atoms with van der Waals surface area (Å²) in [6.45, 7) is 2.21. The smallest absolute Gasteiger partial charge is 0.374 e. The fourth-order valence-electron chi connectivity index (χ4n) is 2.78. The molecule has 2 aromatic rings. The predicted molar refractivity (Wildman–Crippen MR) is 99.7 cm³/mol. The molecule has 0 saturated carbocycles. The van der Waals surface area contributed by atoms with Crippen LogP contribution in [-0.4, -0.2) is 48.2 Å². The predicted octanol–water partition coefficient (Wildman–Crippen LogP) is 2.48. The van der Waals surface area contributed by atoms with E-state index in [9.17, 15) is 18.0 Å². The molecule has 3 N–H and O–H groups in total. The Morgan fingerprint density at radius 2 is 2.11 bits per heavy atom. The summed E-state index contributed by atoms with van der Waals surface area (Å²) in [6, 6.07) is 6.33. The van der Waals surface area contributed by atoms with Crippen molar-refractivity contribution in [1.29, 1.82) is 0 Å². The van der Waals surface area contributed by atoms with Crippen LogP contribution in [0, 0.1) is 0 Å². The van der Waals surface area contributed by atoms with Crippen LogP contribution < -0.4 is 16.0 Å². The van der Waals surface area contributed by atoms with Crippen molar-refractivity contribution in [3.8, 4) is 0 Å². The molecule has 0 aliphatic carbocycles. The molecule has 1 atom stereocenters. The molecule has 2 heterocycles. The lowest BCUT2D eigenvalue weighted by Crippen LogP contribution is -2.46. The third-order valence-electron chi connectivity index (χ3n) is 4.10. The minimum Gasteiger partial charge on any atom is -0.374 e. The number of carbonyl (C=O) groups excluding carboxylic acids is 1. The van der Waals surface area contributed by atoms with Gasteiger partial charge in [-0.3, -0.25) is 5.32 Å². The second-order valence-electron chi connectivity index (χ2n) is 6.06. The molecule has 7 nitrogen and oxygen atoms in total. The van der Waals surface area contributed by atoms with Gasteiger partial charge >= 0.3 is 12.2 Å². The number of ether oxygens (including phenoxy) is 1. The van der Waals surface area contributed by atoms with Gasteiger partial charge in [0.2, 0.25) is 0 Å². The maximum atomic E-state index is 13.1. The number of carbonyl (C=O) groups is 1. The van der Waals surface area contributed by atoms with Gasteiger partial charge in [-0.15, -0.1) is 12.4 Å². The van der Waals surface area contributed by atoms with Crippen molar-refractivity contribution >= 4 is 24.3 Å². The van der Waals surface area contributed by atoms with Crippen molar-refractivity contribution in [3.05, 3.63) is 47.7 Å². The number of benzene rings is 1. The Morgan fingerprint density at radius 1 is 1.32 bits per heavy atom. The highest BCUT2D eigenvalue weighted by atomic mass is 35.5. The fourth-order valence-corrected chi connectivity index (χ4v) is 2.78. The standard InChI is InChI=1S/C17H20F3N5O2.ClH/c18-17(19,20)14-4-2-1-3-12(14)11-25-15(5-6-23-25)24-16(26)22-10-13-9-21-7-8-27-13;/h1-6,13,21H,7-11H2,(H2,22,24,26);1H. The molecule has 2 amide bonds. The van der Waals surface area contributed by atoms with Gasteiger partial charge in [-0.1, -0.05) is 18.2 Å². The molecule has 1 aliphatic rings. The molecule has 154 valence electrons. The molecule has 1 unspecified atom stereocenters. The molecule has 11 heteroatoms. The van der Waals surface area contributed by atoms with Crippen molar-refractivity contribution in [2.24, 2.45) is 0 Å². The molecule has 1 saturated heterocycles. The minimum atomic E-state index is -4.46. The first-order valence-corrected chi connectivity index (χ1v) is 8.47. The van der Waals surface area contributed by atoms with E-state index in [1.165, 1.54) is 35.1 Å². The third kappa shape index (κ3) is 5.85. The second kappa shape index (κ2) is 9.76. The number of morpholine rings is 1. The van der Waals surface area contributed by atoms with Crippen LogP contribution in [-0.2, 0) is 17.5 Å². The molecular weight excluding hydrogens is 399 g/mol. The average molecular weight is 420 g/mol. The Hall–Kier alpha value is -2.30. The number of hydrogen-bond acceptors (Lipinski definition) is 4. The number of hydrogen-bond donors (Lipinski definition) is 3. The van der Waals surface area contributed by atoms with Gasteiger partial charge in [-0.25, -0.2) is 9.48 Å². The van der Waals surface area contributed by atoms with Crippen molar-refractivity contribution in [2.75, 3.05) is 31.6 Å². The number of alkyl halides is 3. The van der Waals surface area contributed by atoms with Crippen molar-refractivity contribution in [1.82, 2.24) is 20.4 Å². The summed E-state index contributed by atoms with van der Waals surface area (Å²) in [7, 11) is 0. The average Bonchev–Trinajstić information content (AvgIpc) is 3.07. The minimum absolute atomic E-state index is 0. The molecule has 28 heavy (non-hydrogen) atoms. The first-order valence-electron chi connectivity index (χ1n) is 8.47. The Labute approximate surface area is 166 Å². The highest BCUT2D eigenvalue weighted by Crippen LogP contribution is 2.32. The summed E-state index contributed by atoms with van der Waals surface area (Å²) < 4.78 is 46.2. The quantitative estimate of drug-likeness (QED) is 0.695. The van der Waals surface area contributed by atoms with Crippen molar-refractivity contribution < 1.29 is 22.7 Å². The van der Waals surface area contributed by atoms with Crippen LogP contribution >= 0.6 is 12.4 Å². The van der Waals surface area contributed by atoms with Gasteiger partial charge in [0.1, 0.15) is 5.82 Å². The van der Waals surface area contributed by atoms with E-state index in [-0.39, 0.29) is 30.6 Å². The van der Waals surface area contributed by atoms with Crippen LogP contribution in [0.1, 0.15) is 11.1 Å². The lowest BCUT2D eigenvalue weighted by atomic mass is 10.1. The number of nitrogens with one attached hydrogen (secondary N) is 3. The zero-order valence-corrected chi connectivity index (χ0v) is 15.6. The Kier molecular flexibility index (Phi) is 7.67. The number of halogens is 4. The Balaban J connectivity index is 0.00000280. The van der Waals surface area contributed by atoms with Crippen LogP contribution in [0.15, 0.2) is 36.5 Å². The maximum Gasteiger partial charge on any atom is 0.416 e. The number of nitrogens with zero attached hydrogens (tertiary/aromatic N) is 2. The Morgan fingerprint density at radius 3 is 2.82 bits per heavy atom. The van der Waals surface area contributed by atoms with E-state index in [0.717, 1.165) is 12.6 Å². The normalized spacial score (nSPS) is 16.9. The Bertz CT molecular complexity index is 778. The van der Waals surface area contributed by atoms with E-state index in [4.69, 9.17) is 4.74 Å². The number of anilines is 1. The lowest BCUT2D eigenvalue weighted by molar-refractivity contribution is -0.138. The van der Waals surface area contributed by atoms with Crippen LogP contribution in [0.4, 0.5) is 23.8 Å². The second-order valence-corrected chi connectivity index (χ2v) is 6.06. The molecule has 1 aromatic heterocycles. The zero-order chi connectivity index (χ0) is 19.3. The van der Waals surface area contributed by atoms with E-state index in [1.807, 2.05) is 0 Å². The van der Waals surface area contributed by atoms with E-state index in [0.29, 0.717) is 25.5 Å². The van der Waals surface area contributed by atoms with E-state index >= 15 is 0 Å². The van der Waals surface area contributed by atoms with E-state index in [1.54, 1.807) is 0 Å². The summed E-state index contributed by atoms with van der Waals surface area (Å²) in [6.07, 6.45) is -3.16. The molecule has 0 radical (unpaired) electrons. The van der Waals surface area contributed by atoms with Crippen LogP contribution in [0.5, 0.6) is 0 Å². The first-order chi connectivity index (χ1) is 12.9. The lowest BCUT2D eigenvalue weighted by Gasteiger charge is -2.23. The summed E-state index contributed by atoms with van der Waals surface area (Å²) in [5.74, 6) is 0.298. The number of rotatable bonds is 5.